The summed E-state index contributed by atoms with van der Waals surface area (Å²) >= 11 is 0. The maximum absolute atomic E-state index is 11.6. The zero-order valence-corrected chi connectivity index (χ0v) is 10.5. The van der Waals surface area contributed by atoms with E-state index in [4.69, 9.17) is 0 Å². The molecule has 4 nitrogen and oxygen atoms in total. The normalized spacial score (nSPS) is 13.2. The van der Waals surface area contributed by atoms with Crippen LogP contribution in [-0.4, -0.2) is 29.2 Å². The number of aliphatic hydroxyl groups is 1. The predicted molar refractivity (Wildman–Crippen MR) is 68.8 cm³/mol. The first-order chi connectivity index (χ1) is 7.92. The van der Waals surface area contributed by atoms with E-state index in [1.165, 1.54) is 0 Å². The lowest BCUT2D eigenvalue weighted by Crippen LogP contribution is -2.50. The SMILES string of the molecule is CC(O)C(C)(C)NCC(=O)Nc1ccccc1. The van der Waals surface area contributed by atoms with Gasteiger partial charge in [-0.05, 0) is 32.9 Å². The molecule has 0 aliphatic rings. The molecule has 0 bridgehead atoms. The predicted octanol–water partition coefficient (Wildman–Crippen LogP) is 1.37. The summed E-state index contributed by atoms with van der Waals surface area (Å²) < 4.78 is 0. The van der Waals surface area contributed by atoms with Crippen LogP contribution in [0.4, 0.5) is 5.69 Å². The van der Waals surface area contributed by atoms with E-state index in [0.29, 0.717) is 0 Å². The first kappa shape index (κ1) is 13.7. The minimum atomic E-state index is -0.521. The van der Waals surface area contributed by atoms with Gasteiger partial charge in [0.15, 0.2) is 0 Å². The highest BCUT2D eigenvalue weighted by atomic mass is 16.3. The lowest BCUT2D eigenvalue weighted by atomic mass is 9.99. The van der Waals surface area contributed by atoms with Crippen LogP contribution in [0.3, 0.4) is 0 Å². The van der Waals surface area contributed by atoms with Crippen LogP contribution in [0.2, 0.25) is 0 Å². The summed E-state index contributed by atoms with van der Waals surface area (Å²) in [5.74, 6) is -0.120. The van der Waals surface area contributed by atoms with Gasteiger partial charge in [-0.25, -0.2) is 0 Å². The van der Waals surface area contributed by atoms with E-state index in [0.717, 1.165) is 5.69 Å². The number of nitrogens with one attached hydrogen (secondary N) is 2. The third-order valence-electron chi connectivity index (χ3n) is 2.81. The number of hydrogen-bond donors (Lipinski definition) is 3. The molecule has 1 unspecified atom stereocenters. The Morgan fingerprint density at radius 2 is 1.94 bits per heavy atom. The summed E-state index contributed by atoms with van der Waals surface area (Å²) in [7, 11) is 0. The standard InChI is InChI=1S/C13H20N2O2/c1-10(16)13(2,3)14-9-12(17)15-11-7-5-4-6-8-11/h4-8,10,14,16H,9H2,1-3H3,(H,15,17). The van der Waals surface area contributed by atoms with Gasteiger partial charge in [-0.2, -0.15) is 0 Å². The fraction of sp³-hybridized carbons (Fsp3) is 0.462. The summed E-state index contributed by atoms with van der Waals surface area (Å²) in [6.07, 6.45) is -0.521. The van der Waals surface area contributed by atoms with Crippen molar-refractivity contribution < 1.29 is 9.90 Å². The van der Waals surface area contributed by atoms with E-state index in [2.05, 4.69) is 10.6 Å². The van der Waals surface area contributed by atoms with Crippen LogP contribution >= 0.6 is 0 Å². The maximum Gasteiger partial charge on any atom is 0.238 e. The quantitative estimate of drug-likeness (QED) is 0.723. The van der Waals surface area contributed by atoms with Gasteiger partial charge in [0.25, 0.3) is 0 Å². The third kappa shape index (κ3) is 4.54. The number of hydrogen-bond acceptors (Lipinski definition) is 3. The number of anilines is 1. The molecule has 0 aromatic heterocycles. The molecule has 0 radical (unpaired) electrons. The molecule has 0 saturated carbocycles. The van der Waals surface area contributed by atoms with Crippen molar-refractivity contribution in [3.63, 3.8) is 0 Å². The fourth-order valence-corrected chi connectivity index (χ4v) is 1.18. The van der Waals surface area contributed by atoms with Gasteiger partial charge in [-0.3, -0.25) is 4.79 Å². The Bertz CT molecular complexity index is 361. The molecule has 1 atom stereocenters. The molecule has 1 rings (SSSR count). The molecular weight excluding hydrogens is 216 g/mol. The molecule has 1 aromatic rings. The number of rotatable bonds is 5. The van der Waals surface area contributed by atoms with Gasteiger partial charge >= 0.3 is 0 Å². The van der Waals surface area contributed by atoms with Crippen molar-refractivity contribution in [1.82, 2.24) is 5.32 Å². The molecule has 94 valence electrons. The van der Waals surface area contributed by atoms with Crippen molar-refractivity contribution in [2.24, 2.45) is 0 Å². The lowest BCUT2D eigenvalue weighted by Gasteiger charge is -2.29. The minimum Gasteiger partial charge on any atom is -0.392 e. The van der Waals surface area contributed by atoms with Gasteiger partial charge in [-0.1, -0.05) is 18.2 Å². The van der Waals surface area contributed by atoms with Gasteiger partial charge in [0.2, 0.25) is 5.91 Å². The summed E-state index contributed by atoms with van der Waals surface area (Å²) in [6, 6.07) is 9.28. The molecule has 0 spiro atoms. The molecule has 3 N–H and O–H groups in total. The van der Waals surface area contributed by atoms with Crippen molar-refractivity contribution >= 4 is 11.6 Å². The number of aliphatic hydroxyl groups excluding tert-OH is 1. The van der Waals surface area contributed by atoms with E-state index in [1.807, 2.05) is 44.2 Å². The summed E-state index contributed by atoms with van der Waals surface area (Å²) in [4.78, 5) is 11.6. The molecule has 1 amide bonds. The van der Waals surface area contributed by atoms with Crippen molar-refractivity contribution in [2.75, 3.05) is 11.9 Å². The zero-order chi connectivity index (χ0) is 12.9. The molecule has 0 aliphatic carbocycles. The van der Waals surface area contributed by atoms with Crippen LogP contribution < -0.4 is 10.6 Å². The summed E-state index contributed by atoms with van der Waals surface area (Å²) in [5, 5.41) is 15.3. The Morgan fingerprint density at radius 1 is 1.35 bits per heavy atom. The largest absolute Gasteiger partial charge is 0.392 e. The molecule has 0 aliphatic heterocycles. The topological polar surface area (TPSA) is 61.4 Å². The first-order valence-electron chi connectivity index (χ1n) is 5.70. The second kappa shape index (κ2) is 5.80. The number of benzene rings is 1. The number of carbonyl (C=O) groups excluding carboxylic acids is 1. The Hall–Kier alpha value is -1.39. The zero-order valence-electron chi connectivity index (χ0n) is 10.5. The van der Waals surface area contributed by atoms with Crippen molar-refractivity contribution in [3.8, 4) is 0 Å². The first-order valence-corrected chi connectivity index (χ1v) is 5.70. The summed E-state index contributed by atoms with van der Waals surface area (Å²) in [5.41, 5.74) is 0.294. The van der Waals surface area contributed by atoms with Gasteiger partial charge in [0, 0.05) is 11.2 Å². The van der Waals surface area contributed by atoms with Gasteiger partial charge in [-0.15, -0.1) is 0 Å². The Labute approximate surface area is 102 Å². The number of para-hydroxylation sites is 1. The Balaban J connectivity index is 2.41. The average molecular weight is 236 g/mol. The van der Waals surface area contributed by atoms with Gasteiger partial charge in [0.1, 0.15) is 0 Å². The van der Waals surface area contributed by atoms with Gasteiger partial charge < -0.3 is 15.7 Å². The van der Waals surface area contributed by atoms with Crippen LogP contribution in [-0.2, 0) is 4.79 Å². The molecule has 0 saturated heterocycles. The van der Waals surface area contributed by atoms with Crippen LogP contribution in [0.1, 0.15) is 20.8 Å². The second-order valence-electron chi connectivity index (χ2n) is 4.67. The molecule has 0 fully saturated rings. The van der Waals surface area contributed by atoms with E-state index in [1.54, 1.807) is 6.92 Å². The molecule has 4 heteroatoms. The van der Waals surface area contributed by atoms with Crippen LogP contribution in [0.25, 0.3) is 0 Å². The van der Waals surface area contributed by atoms with E-state index in [-0.39, 0.29) is 12.5 Å². The molecule has 17 heavy (non-hydrogen) atoms. The smallest absolute Gasteiger partial charge is 0.238 e. The van der Waals surface area contributed by atoms with Crippen molar-refractivity contribution in [2.45, 2.75) is 32.4 Å². The molecule has 0 heterocycles. The average Bonchev–Trinajstić information content (AvgIpc) is 2.28. The third-order valence-corrected chi connectivity index (χ3v) is 2.81. The van der Waals surface area contributed by atoms with Crippen molar-refractivity contribution in [3.05, 3.63) is 30.3 Å². The maximum atomic E-state index is 11.6. The summed E-state index contributed by atoms with van der Waals surface area (Å²) in [6.45, 7) is 5.58. The number of carbonyl (C=O) groups is 1. The van der Waals surface area contributed by atoms with Crippen molar-refractivity contribution in [1.29, 1.82) is 0 Å². The highest BCUT2D eigenvalue weighted by Gasteiger charge is 2.23. The van der Waals surface area contributed by atoms with E-state index < -0.39 is 11.6 Å². The second-order valence-corrected chi connectivity index (χ2v) is 4.67. The van der Waals surface area contributed by atoms with Crippen LogP contribution in [0.5, 0.6) is 0 Å². The van der Waals surface area contributed by atoms with Gasteiger partial charge in [0.05, 0.1) is 12.6 Å². The highest BCUT2D eigenvalue weighted by molar-refractivity contribution is 5.92. The Kier molecular flexibility index (Phi) is 4.66. The highest BCUT2D eigenvalue weighted by Crippen LogP contribution is 2.08. The fourth-order valence-electron chi connectivity index (χ4n) is 1.18. The Morgan fingerprint density at radius 3 is 2.47 bits per heavy atom. The van der Waals surface area contributed by atoms with E-state index in [9.17, 15) is 9.90 Å². The van der Waals surface area contributed by atoms with Crippen LogP contribution in [0, 0.1) is 0 Å². The lowest BCUT2D eigenvalue weighted by molar-refractivity contribution is -0.115. The molecule has 1 aromatic carbocycles. The monoisotopic (exact) mass is 236 g/mol. The number of amides is 1. The van der Waals surface area contributed by atoms with Crippen LogP contribution in [0.15, 0.2) is 30.3 Å². The minimum absolute atomic E-state index is 0.120. The molecular formula is C13H20N2O2. The van der Waals surface area contributed by atoms with E-state index >= 15 is 0 Å².